The quantitative estimate of drug-likeness (QED) is 0.841. The van der Waals surface area contributed by atoms with Crippen LogP contribution in [0.2, 0.25) is 0 Å². The van der Waals surface area contributed by atoms with Crippen LogP contribution in [0.5, 0.6) is 0 Å². The van der Waals surface area contributed by atoms with Crippen LogP contribution in [0.3, 0.4) is 0 Å². The van der Waals surface area contributed by atoms with E-state index in [-0.39, 0.29) is 0 Å². The summed E-state index contributed by atoms with van der Waals surface area (Å²) >= 11 is 0. The number of hydrogen-bond acceptors (Lipinski definition) is 2. The summed E-state index contributed by atoms with van der Waals surface area (Å²) in [5, 5.41) is 0. The first-order valence-corrected chi connectivity index (χ1v) is 8.10. The van der Waals surface area contributed by atoms with Crippen LogP contribution in [0.15, 0.2) is 29.2 Å². The van der Waals surface area contributed by atoms with Crippen molar-refractivity contribution in [1.82, 2.24) is 4.31 Å². The predicted molar refractivity (Wildman–Crippen MR) is 73.1 cm³/mol. The molecule has 0 aliphatic carbocycles. The fraction of sp³-hybridized carbons (Fsp3) is 0.571. The van der Waals surface area contributed by atoms with E-state index in [4.69, 9.17) is 0 Å². The zero-order valence-corrected chi connectivity index (χ0v) is 11.9. The molecule has 1 atom stereocenters. The van der Waals surface area contributed by atoms with Gasteiger partial charge in [0.2, 0.25) is 10.0 Å². The molecule has 3 nitrogen and oxygen atoms in total. The summed E-state index contributed by atoms with van der Waals surface area (Å²) in [7, 11) is -3.25. The maximum Gasteiger partial charge on any atom is 0.243 e. The third-order valence-electron chi connectivity index (χ3n) is 3.76. The zero-order valence-electron chi connectivity index (χ0n) is 11.1. The van der Waals surface area contributed by atoms with E-state index in [0.29, 0.717) is 23.9 Å². The molecule has 1 heterocycles. The van der Waals surface area contributed by atoms with Gasteiger partial charge in [-0.3, -0.25) is 0 Å². The van der Waals surface area contributed by atoms with Crippen molar-refractivity contribution in [1.29, 1.82) is 0 Å². The molecular formula is C14H21NO2S. The van der Waals surface area contributed by atoms with Crippen LogP contribution in [-0.4, -0.2) is 25.8 Å². The molecule has 0 aromatic heterocycles. The van der Waals surface area contributed by atoms with Gasteiger partial charge in [-0.15, -0.1) is 0 Å². The van der Waals surface area contributed by atoms with Gasteiger partial charge in [0.1, 0.15) is 0 Å². The minimum absolute atomic E-state index is 0.427. The van der Waals surface area contributed by atoms with Crippen LogP contribution in [0.4, 0.5) is 0 Å². The standard InChI is InChI=1S/C14H21NO2S/c1-3-12(2)13-6-8-14(9-7-13)18(16,17)15-10-4-5-11-15/h6-9,12H,3-5,10-11H2,1-2H3. The average molecular weight is 267 g/mol. The lowest BCUT2D eigenvalue weighted by Gasteiger charge is -2.16. The number of nitrogens with zero attached hydrogens (tertiary/aromatic N) is 1. The van der Waals surface area contributed by atoms with E-state index in [1.165, 1.54) is 5.56 Å². The third-order valence-corrected chi connectivity index (χ3v) is 5.68. The summed E-state index contributed by atoms with van der Waals surface area (Å²) in [6.07, 6.45) is 3.02. The van der Waals surface area contributed by atoms with Gasteiger partial charge in [-0.2, -0.15) is 4.31 Å². The van der Waals surface area contributed by atoms with Gasteiger partial charge in [0.25, 0.3) is 0 Å². The molecule has 1 aliphatic heterocycles. The van der Waals surface area contributed by atoms with E-state index in [9.17, 15) is 8.42 Å². The first-order chi connectivity index (χ1) is 8.55. The summed E-state index contributed by atoms with van der Waals surface area (Å²) in [4.78, 5) is 0.427. The number of sulfonamides is 1. The summed E-state index contributed by atoms with van der Waals surface area (Å²) in [6, 6.07) is 7.37. The molecule has 0 N–H and O–H groups in total. The van der Waals surface area contributed by atoms with Crippen LogP contribution in [-0.2, 0) is 10.0 Å². The lowest BCUT2D eigenvalue weighted by molar-refractivity contribution is 0.477. The van der Waals surface area contributed by atoms with Crippen LogP contribution in [0.25, 0.3) is 0 Å². The maximum absolute atomic E-state index is 12.3. The van der Waals surface area contributed by atoms with Crippen molar-refractivity contribution in [2.45, 2.75) is 43.9 Å². The van der Waals surface area contributed by atoms with Gasteiger partial charge < -0.3 is 0 Å². The van der Waals surface area contributed by atoms with Crippen LogP contribution >= 0.6 is 0 Å². The largest absolute Gasteiger partial charge is 0.243 e. The van der Waals surface area contributed by atoms with Crippen molar-refractivity contribution in [2.75, 3.05) is 13.1 Å². The Labute approximate surface area is 110 Å². The Bertz CT molecular complexity index is 487. The van der Waals surface area contributed by atoms with Gasteiger partial charge in [-0.25, -0.2) is 8.42 Å². The molecular weight excluding hydrogens is 246 g/mol. The Balaban J connectivity index is 2.23. The average Bonchev–Trinajstić information content (AvgIpc) is 2.92. The fourth-order valence-corrected chi connectivity index (χ4v) is 3.80. The monoisotopic (exact) mass is 267 g/mol. The van der Waals surface area contributed by atoms with Gasteiger partial charge in [-0.1, -0.05) is 26.0 Å². The first-order valence-electron chi connectivity index (χ1n) is 6.66. The highest BCUT2D eigenvalue weighted by Gasteiger charge is 2.26. The highest BCUT2D eigenvalue weighted by atomic mass is 32.2. The van der Waals surface area contributed by atoms with Crippen molar-refractivity contribution in [2.24, 2.45) is 0 Å². The van der Waals surface area contributed by atoms with E-state index in [2.05, 4.69) is 13.8 Å². The fourth-order valence-electron chi connectivity index (χ4n) is 2.28. The summed E-state index contributed by atoms with van der Waals surface area (Å²) in [5.74, 6) is 0.480. The molecule has 1 aliphatic rings. The predicted octanol–water partition coefficient (Wildman–Crippen LogP) is 2.98. The second-order valence-electron chi connectivity index (χ2n) is 4.99. The van der Waals surface area contributed by atoms with E-state index >= 15 is 0 Å². The molecule has 4 heteroatoms. The third kappa shape index (κ3) is 2.59. The maximum atomic E-state index is 12.3. The Morgan fingerprint density at radius 2 is 1.72 bits per heavy atom. The van der Waals surface area contributed by atoms with Crippen molar-refractivity contribution in [3.8, 4) is 0 Å². The van der Waals surface area contributed by atoms with E-state index in [1.807, 2.05) is 12.1 Å². The summed E-state index contributed by atoms with van der Waals surface area (Å²) < 4.78 is 26.2. The van der Waals surface area contributed by atoms with E-state index in [0.717, 1.165) is 19.3 Å². The van der Waals surface area contributed by atoms with Crippen molar-refractivity contribution >= 4 is 10.0 Å². The second-order valence-corrected chi connectivity index (χ2v) is 6.93. The normalized spacial score (nSPS) is 19.0. The van der Waals surface area contributed by atoms with Crippen LogP contribution in [0, 0.1) is 0 Å². The topological polar surface area (TPSA) is 37.4 Å². The molecule has 0 radical (unpaired) electrons. The Morgan fingerprint density at radius 3 is 2.22 bits per heavy atom. The molecule has 2 rings (SSSR count). The Morgan fingerprint density at radius 1 is 1.17 bits per heavy atom. The molecule has 1 saturated heterocycles. The van der Waals surface area contributed by atoms with Gasteiger partial charge >= 0.3 is 0 Å². The highest BCUT2D eigenvalue weighted by molar-refractivity contribution is 7.89. The Hall–Kier alpha value is -0.870. The molecule has 0 saturated carbocycles. The van der Waals surface area contributed by atoms with Gasteiger partial charge in [0.05, 0.1) is 4.90 Å². The lowest BCUT2D eigenvalue weighted by Crippen LogP contribution is -2.27. The molecule has 1 fully saturated rings. The molecule has 0 spiro atoms. The molecule has 1 unspecified atom stereocenters. The summed E-state index contributed by atoms with van der Waals surface area (Å²) in [5.41, 5.74) is 1.21. The second kappa shape index (κ2) is 5.41. The zero-order chi connectivity index (χ0) is 13.2. The van der Waals surface area contributed by atoms with Crippen molar-refractivity contribution in [3.05, 3.63) is 29.8 Å². The highest BCUT2D eigenvalue weighted by Crippen LogP contribution is 2.24. The minimum atomic E-state index is -3.25. The lowest BCUT2D eigenvalue weighted by atomic mass is 9.99. The Kier molecular flexibility index (Phi) is 4.07. The molecule has 1 aromatic carbocycles. The number of rotatable bonds is 4. The smallest absolute Gasteiger partial charge is 0.207 e. The van der Waals surface area contributed by atoms with Crippen molar-refractivity contribution in [3.63, 3.8) is 0 Å². The summed E-state index contributed by atoms with van der Waals surface area (Å²) in [6.45, 7) is 5.62. The van der Waals surface area contributed by atoms with E-state index in [1.54, 1.807) is 16.4 Å². The molecule has 1 aromatic rings. The number of benzene rings is 1. The first kappa shape index (κ1) is 13.6. The van der Waals surface area contributed by atoms with Gasteiger partial charge in [0, 0.05) is 13.1 Å². The molecule has 0 amide bonds. The minimum Gasteiger partial charge on any atom is -0.207 e. The van der Waals surface area contributed by atoms with Gasteiger partial charge in [-0.05, 0) is 42.9 Å². The van der Waals surface area contributed by atoms with Crippen LogP contribution < -0.4 is 0 Å². The van der Waals surface area contributed by atoms with Gasteiger partial charge in [0.15, 0.2) is 0 Å². The molecule has 18 heavy (non-hydrogen) atoms. The van der Waals surface area contributed by atoms with Crippen molar-refractivity contribution < 1.29 is 8.42 Å². The molecule has 0 bridgehead atoms. The van der Waals surface area contributed by atoms with E-state index < -0.39 is 10.0 Å². The SMILES string of the molecule is CCC(C)c1ccc(S(=O)(=O)N2CCCC2)cc1. The van der Waals surface area contributed by atoms with Crippen LogP contribution in [0.1, 0.15) is 44.6 Å². The molecule has 100 valence electrons. The number of hydrogen-bond donors (Lipinski definition) is 0.